The average molecular weight is 408 g/mol. The minimum Gasteiger partial charge on any atom is -0.508 e. The topological polar surface area (TPSA) is 20.2 Å². The van der Waals surface area contributed by atoms with Gasteiger partial charge in [0.1, 0.15) is 5.75 Å². The number of rotatable bonds is 1. The molecule has 0 unspecified atom stereocenters. The molecule has 1 nitrogen and oxygen atoms in total. The van der Waals surface area contributed by atoms with Gasteiger partial charge >= 0.3 is 0 Å². The molecule has 0 spiro atoms. The number of hydrogen-bond acceptors (Lipinski definition) is 1. The maximum absolute atomic E-state index is 9.65. The first-order chi connectivity index (χ1) is 9.14. The normalized spacial score (nSPS) is 12.3. The second-order valence-electron chi connectivity index (χ2n) is 6.94. The summed E-state index contributed by atoms with van der Waals surface area (Å²) in [6.07, 6.45) is 10.0. The maximum atomic E-state index is 9.65. The van der Waals surface area contributed by atoms with E-state index < -0.39 is 8.07 Å². The Morgan fingerprint density at radius 2 is 1.65 bits per heavy atom. The first-order valence-electron chi connectivity index (χ1n) is 7.17. The van der Waals surface area contributed by atoms with Crippen molar-refractivity contribution in [2.24, 2.45) is 0 Å². The molecule has 130 valence electrons. The van der Waals surface area contributed by atoms with Gasteiger partial charge in [0.05, 0.1) is 8.07 Å². The van der Waals surface area contributed by atoms with Crippen LogP contribution in [-0.2, 0) is 21.7 Å². The van der Waals surface area contributed by atoms with Crippen LogP contribution in [0.4, 0.5) is 0 Å². The Balaban J connectivity index is -0.000000431. The van der Waals surface area contributed by atoms with Gasteiger partial charge in [0, 0.05) is 21.7 Å². The molecule has 0 aliphatic heterocycles. The van der Waals surface area contributed by atoms with E-state index in [2.05, 4.69) is 52.1 Å². The van der Waals surface area contributed by atoms with Crippen LogP contribution >= 0.6 is 24.8 Å². The third-order valence-electron chi connectivity index (χ3n) is 4.24. The summed E-state index contributed by atoms with van der Waals surface area (Å²) in [4.78, 5) is 0. The molecule has 1 aliphatic rings. The second-order valence-corrected chi connectivity index (χ2v) is 12.3. The van der Waals surface area contributed by atoms with Crippen LogP contribution in [0, 0.1) is 13.0 Å². The molecule has 0 heterocycles. The number of phenolic OH excluding ortho intramolecular Hbond substituents is 1. The van der Waals surface area contributed by atoms with Gasteiger partial charge in [-0.05, 0) is 29.7 Å². The van der Waals surface area contributed by atoms with Gasteiger partial charge in [-0.2, -0.15) is 6.08 Å². The minimum atomic E-state index is -1.50. The van der Waals surface area contributed by atoms with Crippen LogP contribution < -0.4 is 5.19 Å². The Hall–Kier alpha value is 0.0112. The summed E-state index contributed by atoms with van der Waals surface area (Å²) < 4.78 is 0. The fraction of sp³-hybridized carbons (Fsp3) is 0.444. The summed E-state index contributed by atoms with van der Waals surface area (Å²) in [6.45, 7) is 13.6. The molecule has 1 aromatic rings. The van der Waals surface area contributed by atoms with E-state index in [9.17, 15) is 5.11 Å². The van der Waals surface area contributed by atoms with Crippen molar-refractivity contribution in [1.82, 2.24) is 0 Å². The molecule has 0 fully saturated rings. The van der Waals surface area contributed by atoms with Crippen molar-refractivity contribution >= 4 is 38.1 Å². The predicted molar refractivity (Wildman–Crippen MR) is 106 cm³/mol. The Kier molecular flexibility index (Phi) is 14.0. The largest absolute Gasteiger partial charge is 0.508 e. The van der Waals surface area contributed by atoms with Gasteiger partial charge in [0.2, 0.25) is 0 Å². The van der Waals surface area contributed by atoms with E-state index in [0.29, 0.717) is 10.8 Å². The van der Waals surface area contributed by atoms with Crippen LogP contribution in [0.25, 0.3) is 0 Å². The van der Waals surface area contributed by atoms with Gasteiger partial charge in [-0.1, -0.05) is 45.1 Å². The van der Waals surface area contributed by atoms with Crippen molar-refractivity contribution in [2.45, 2.75) is 52.2 Å². The van der Waals surface area contributed by atoms with E-state index in [1.165, 1.54) is 5.19 Å². The first kappa shape index (κ1) is 27.8. The van der Waals surface area contributed by atoms with Gasteiger partial charge in [0.15, 0.2) is 0 Å². The summed E-state index contributed by atoms with van der Waals surface area (Å²) >= 11 is 0. The van der Waals surface area contributed by atoms with E-state index in [1.807, 2.05) is 31.2 Å². The molecular weight excluding hydrogens is 379 g/mol. The quantitative estimate of drug-likeness (QED) is 0.476. The molecule has 1 aliphatic carbocycles. The monoisotopic (exact) mass is 407 g/mol. The standard InChI is InChI=1S/C13H22OSi.C5H5.2ClH.Ti/c1-10-7-11(14)9-12(8-10)15(5,6)13(2,3)4;1-2-4-5-3-1;;;/h7-9,14H,1-6H3;1-3H,4H2;2*1H;/q;-1;;;. The van der Waals surface area contributed by atoms with Crippen molar-refractivity contribution in [3.8, 4) is 5.75 Å². The van der Waals surface area contributed by atoms with Crippen LogP contribution in [0.1, 0.15) is 32.8 Å². The first-order valence-corrected chi connectivity index (χ1v) is 10.2. The molecule has 0 aromatic heterocycles. The number of halogens is 2. The van der Waals surface area contributed by atoms with E-state index in [0.717, 1.165) is 12.0 Å². The van der Waals surface area contributed by atoms with E-state index in [4.69, 9.17) is 0 Å². The van der Waals surface area contributed by atoms with Crippen molar-refractivity contribution in [3.05, 3.63) is 48.1 Å². The predicted octanol–water partition coefficient (Wildman–Crippen LogP) is 5.56. The van der Waals surface area contributed by atoms with Crippen LogP contribution in [0.2, 0.25) is 18.1 Å². The molecule has 0 saturated heterocycles. The molecule has 23 heavy (non-hydrogen) atoms. The van der Waals surface area contributed by atoms with Crippen molar-refractivity contribution in [1.29, 1.82) is 0 Å². The zero-order valence-electron chi connectivity index (χ0n) is 14.9. The number of phenols is 1. The molecule has 5 heteroatoms. The average Bonchev–Trinajstić information content (AvgIpc) is 2.84. The van der Waals surface area contributed by atoms with Crippen molar-refractivity contribution < 1.29 is 26.8 Å². The van der Waals surface area contributed by atoms with Crippen LogP contribution in [0.15, 0.2) is 36.4 Å². The molecule has 0 bridgehead atoms. The van der Waals surface area contributed by atoms with Crippen molar-refractivity contribution in [3.63, 3.8) is 0 Å². The molecule has 0 atom stereocenters. The van der Waals surface area contributed by atoms with E-state index in [-0.39, 0.29) is 46.5 Å². The fourth-order valence-electron chi connectivity index (χ4n) is 1.90. The smallest absolute Gasteiger partial charge is 0.115 e. The SMILES string of the molecule is Cc1cc(O)cc([Si](C)(C)C(C)(C)C)c1.Cl.Cl.[C-]1=CC=CC1.[Ti]. The Morgan fingerprint density at radius 3 is 1.96 bits per heavy atom. The summed E-state index contributed by atoms with van der Waals surface area (Å²) in [5.74, 6) is 0.398. The van der Waals surface area contributed by atoms with Gasteiger partial charge in [-0.3, -0.25) is 6.08 Å². The molecular formula is C18H29Cl2OSiTi-. The Bertz CT molecular complexity index is 490. The zero-order chi connectivity index (χ0) is 15.4. The van der Waals surface area contributed by atoms with Gasteiger partial charge < -0.3 is 5.11 Å². The number of allylic oxidation sites excluding steroid dienone is 4. The van der Waals surface area contributed by atoms with Gasteiger partial charge in [-0.25, -0.2) is 12.2 Å². The van der Waals surface area contributed by atoms with Crippen LogP contribution in [-0.4, -0.2) is 13.2 Å². The Morgan fingerprint density at radius 1 is 1.09 bits per heavy atom. The number of aryl methyl sites for hydroxylation is 1. The van der Waals surface area contributed by atoms with Gasteiger partial charge in [-0.15, -0.1) is 31.2 Å². The molecule has 1 N–H and O–H groups in total. The summed E-state index contributed by atoms with van der Waals surface area (Å²) in [7, 11) is -1.50. The van der Waals surface area contributed by atoms with Crippen molar-refractivity contribution in [2.75, 3.05) is 0 Å². The molecule has 0 saturated carbocycles. The molecule has 0 radical (unpaired) electrons. The maximum Gasteiger partial charge on any atom is 0.115 e. The number of benzene rings is 1. The second kappa shape index (κ2) is 11.5. The molecule has 0 amide bonds. The van der Waals surface area contributed by atoms with Gasteiger partial charge in [0.25, 0.3) is 0 Å². The van der Waals surface area contributed by atoms with E-state index in [1.54, 1.807) is 0 Å². The molecule has 1 aromatic carbocycles. The number of aromatic hydroxyl groups is 1. The van der Waals surface area contributed by atoms with E-state index >= 15 is 0 Å². The Labute approximate surface area is 170 Å². The minimum absolute atomic E-state index is 0. The molecule has 2 rings (SSSR count). The third kappa shape index (κ3) is 8.60. The summed E-state index contributed by atoms with van der Waals surface area (Å²) in [5, 5.41) is 11.3. The number of hydrogen-bond donors (Lipinski definition) is 1. The van der Waals surface area contributed by atoms with Crippen LogP contribution in [0.3, 0.4) is 0 Å². The third-order valence-corrected chi connectivity index (χ3v) is 9.73. The summed E-state index contributed by atoms with van der Waals surface area (Å²) in [6, 6.07) is 5.97. The zero-order valence-corrected chi connectivity index (χ0v) is 19.1. The van der Waals surface area contributed by atoms with Crippen LogP contribution in [0.5, 0.6) is 5.75 Å². The summed E-state index contributed by atoms with van der Waals surface area (Å²) in [5.41, 5.74) is 1.15. The fourth-order valence-corrected chi connectivity index (χ4v) is 3.86.